The summed E-state index contributed by atoms with van der Waals surface area (Å²) in [5.74, 6) is 1.66. The van der Waals surface area contributed by atoms with Gasteiger partial charge in [0.15, 0.2) is 5.75 Å². The van der Waals surface area contributed by atoms with Gasteiger partial charge in [0, 0.05) is 18.9 Å². The molecule has 0 aliphatic heterocycles. The summed E-state index contributed by atoms with van der Waals surface area (Å²) in [4.78, 5) is 0. The molecule has 0 atom stereocenters. The van der Waals surface area contributed by atoms with Gasteiger partial charge < -0.3 is 10.1 Å². The summed E-state index contributed by atoms with van der Waals surface area (Å²) in [6.07, 6.45) is 3.74. The average Bonchev–Trinajstić information content (AvgIpc) is 3.03. The second kappa shape index (κ2) is 6.61. The topological polar surface area (TPSA) is 39.1 Å². The lowest BCUT2D eigenvalue weighted by molar-refractivity contribution is 0.484. The highest BCUT2D eigenvalue weighted by Gasteiger charge is 2.03. The van der Waals surface area contributed by atoms with Crippen LogP contribution in [0.1, 0.15) is 0 Å². The molecule has 0 radical (unpaired) electrons. The van der Waals surface area contributed by atoms with E-state index in [1.807, 2.05) is 71.5 Å². The van der Waals surface area contributed by atoms with Gasteiger partial charge in [0.25, 0.3) is 0 Å². The Labute approximate surface area is 124 Å². The fourth-order valence-electron chi connectivity index (χ4n) is 2.06. The standard InChI is InChI=1S/C17H17N3O/c1-2-7-15(8-3-1)21-17-10-5-4-9-16(17)18-12-14-20-13-6-11-19-20/h1-11,13,18H,12,14H2. The van der Waals surface area contributed by atoms with Crippen LogP contribution in [-0.4, -0.2) is 16.3 Å². The SMILES string of the molecule is c1ccc(Oc2ccccc2NCCn2cccn2)cc1. The zero-order chi connectivity index (χ0) is 14.3. The normalized spacial score (nSPS) is 10.3. The van der Waals surface area contributed by atoms with Crippen LogP contribution in [-0.2, 0) is 6.54 Å². The molecule has 0 fully saturated rings. The van der Waals surface area contributed by atoms with E-state index >= 15 is 0 Å². The molecule has 0 saturated carbocycles. The summed E-state index contributed by atoms with van der Waals surface area (Å²) in [7, 11) is 0. The van der Waals surface area contributed by atoms with E-state index in [1.54, 1.807) is 6.20 Å². The summed E-state index contributed by atoms with van der Waals surface area (Å²) in [6, 6.07) is 19.6. The van der Waals surface area contributed by atoms with Crippen molar-refractivity contribution < 1.29 is 4.74 Å². The molecule has 106 valence electrons. The molecular weight excluding hydrogens is 262 g/mol. The smallest absolute Gasteiger partial charge is 0.150 e. The fraction of sp³-hybridized carbons (Fsp3) is 0.118. The van der Waals surface area contributed by atoms with Crippen molar-refractivity contribution in [2.24, 2.45) is 0 Å². The molecule has 4 nitrogen and oxygen atoms in total. The highest BCUT2D eigenvalue weighted by molar-refractivity contribution is 5.57. The van der Waals surface area contributed by atoms with E-state index in [0.717, 1.165) is 30.3 Å². The van der Waals surface area contributed by atoms with Gasteiger partial charge in [0.1, 0.15) is 5.75 Å². The number of rotatable bonds is 6. The summed E-state index contributed by atoms with van der Waals surface area (Å²) in [5, 5.41) is 7.57. The number of ether oxygens (including phenoxy) is 1. The Bertz CT molecular complexity index is 666. The van der Waals surface area contributed by atoms with Crippen LogP contribution in [0.3, 0.4) is 0 Å². The second-order valence-corrected chi connectivity index (χ2v) is 4.61. The van der Waals surface area contributed by atoms with Crippen molar-refractivity contribution in [3.05, 3.63) is 73.1 Å². The molecule has 1 N–H and O–H groups in total. The second-order valence-electron chi connectivity index (χ2n) is 4.61. The molecule has 0 aliphatic rings. The first kappa shape index (κ1) is 13.2. The van der Waals surface area contributed by atoms with E-state index in [9.17, 15) is 0 Å². The van der Waals surface area contributed by atoms with Gasteiger partial charge in [-0.1, -0.05) is 30.3 Å². The number of para-hydroxylation sites is 3. The van der Waals surface area contributed by atoms with Crippen LogP contribution in [0.15, 0.2) is 73.1 Å². The molecule has 0 spiro atoms. The molecule has 0 aliphatic carbocycles. The van der Waals surface area contributed by atoms with Gasteiger partial charge >= 0.3 is 0 Å². The minimum Gasteiger partial charge on any atom is -0.455 e. The van der Waals surface area contributed by atoms with Crippen molar-refractivity contribution in [2.45, 2.75) is 6.54 Å². The van der Waals surface area contributed by atoms with Gasteiger partial charge in [0.2, 0.25) is 0 Å². The zero-order valence-electron chi connectivity index (χ0n) is 11.6. The van der Waals surface area contributed by atoms with E-state index in [-0.39, 0.29) is 0 Å². The third kappa shape index (κ3) is 3.63. The number of aromatic nitrogens is 2. The highest BCUT2D eigenvalue weighted by atomic mass is 16.5. The molecule has 4 heteroatoms. The van der Waals surface area contributed by atoms with Crippen LogP contribution in [0.5, 0.6) is 11.5 Å². The predicted molar refractivity (Wildman–Crippen MR) is 83.7 cm³/mol. The summed E-state index contributed by atoms with van der Waals surface area (Å²) in [5.41, 5.74) is 0.980. The highest BCUT2D eigenvalue weighted by Crippen LogP contribution is 2.28. The van der Waals surface area contributed by atoms with Crippen LogP contribution in [0, 0.1) is 0 Å². The maximum atomic E-state index is 5.91. The van der Waals surface area contributed by atoms with Crippen molar-refractivity contribution in [3.63, 3.8) is 0 Å². The lowest BCUT2D eigenvalue weighted by Crippen LogP contribution is -2.11. The first-order valence-electron chi connectivity index (χ1n) is 6.95. The zero-order valence-corrected chi connectivity index (χ0v) is 11.6. The summed E-state index contributed by atoms with van der Waals surface area (Å²) < 4.78 is 7.81. The van der Waals surface area contributed by atoms with Crippen LogP contribution < -0.4 is 10.1 Å². The van der Waals surface area contributed by atoms with Crippen molar-refractivity contribution in [1.29, 1.82) is 0 Å². The Morgan fingerprint density at radius 2 is 1.76 bits per heavy atom. The molecular formula is C17H17N3O. The minimum atomic E-state index is 0.789. The van der Waals surface area contributed by atoms with Crippen LogP contribution in [0.25, 0.3) is 0 Å². The quantitative estimate of drug-likeness (QED) is 0.746. The number of nitrogens with zero attached hydrogens (tertiary/aromatic N) is 2. The number of nitrogens with one attached hydrogen (secondary N) is 1. The van der Waals surface area contributed by atoms with Gasteiger partial charge in [-0.05, 0) is 30.3 Å². The Morgan fingerprint density at radius 1 is 0.952 bits per heavy atom. The molecule has 1 heterocycles. The maximum Gasteiger partial charge on any atom is 0.150 e. The summed E-state index contributed by atoms with van der Waals surface area (Å²) >= 11 is 0. The van der Waals surface area contributed by atoms with Crippen molar-refractivity contribution in [3.8, 4) is 11.5 Å². The van der Waals surface area contributed by atoms with Crippen LogP contribution in [0.4, 0.5) is 5.69 Å². The Kier molecular flexibility index (Phi) is 4.17. The number of hydrogen-bond acceptors (Lipinski definition) is 3. The van der Waals surface area contributed by atoms with E-state index in [1.165, 1.54) is 0 Å². The molecule has 0 saturated heterocycles. The molecule has 0 amide bonds. The average molecular weight is 279 g/mol. The molecule has 3 aromatic rings. The number of anilines is 1. The first-order valence-corrected chi connectivity index (χ1v) is 6.95. The predicted octanol–water partition coefficient (Wildman–Crippen LogP) is 3.79. The largest absolute Gasteiger partial charge is 0.455 e. The van der Waals surface area contributed by atoms with Gasteiger partial charge in [-0.3, -0.25) is 4.68 Å². The number of hydrogen-bond donors (Lipinski definition) is 1. The van der Waals surface area contributed by atoms with E-state index in [2.05, 4.69) is 10.4 Å². The Morgan fingerprint density at radius 3 is 2.57 bits per heavy atom. The third-order valence-corrected chi connectivity index (χ3v) is 3.07. The minimum absolute atomic E-state index is 0.789. The van der Waals surface area contributed by atoms with Gasteiger partial charge in [-0.2, -0.15) is 5.10 Å². The van der Waals surface area contributed by atoms with Crippen molar-refractivity contribution >= 4 is 5.69 Å². The van der Waals surface area contributed by atoms with Crippen molar-refractivity contribution in [2.75, 3.05) is 11.9 Å². The molecule has 0 bridgehead atoms. The third-order valence-electron chi connectivity index (χ3n) is 3.07. The molecule has 21 heavy (non-hydrogen) atoms. The molecule has 1 aromatic heterocycles. The fourth-order valence-corrected chi connectivity index (χ4v) is 2.06. The number of benzene rings is 2. The van der Waals surface area contributed by atoms with Crippen LogP contribution in [0.2, 0.25) is 0 Å². The monoisotopic (exact) mass is 279 g/mol. The Balaban J connectivity index is 1.65. The van der Waals surface area contributed by atoms with Crippen molar-refractivity contribution in [1.82, 2.24) is 9.78 Å². The molecule has 3 rings (SSSR count). The van der Waals surface area contributed by atoms with Gasteiger partial charge in [-0.25, -0.2) is 0 Å². The molecule has 2 aromatic carbocycles. The van der Waals surface area contributed by atoms with Gasteiger partial charge in [0.05, 0.1) is 12.2 Å². The molecule has 0 unspecified atom stereocenters. The van der Waals surface area contributed by atoms with E-state index in [4.69, 9.17) is 4.74 Å². The summed E-state index contributed by atoms with van der Waals surface area (Å²) in [6.45, 7) is 1.60. The van der Waals surface area contributed by atoms with E-state index in [0.29, 0.717) is 0 Å². The lowest BCUT2D eigenvalue weighted by Gasteiger charge is -2.13. The first-order chi connectivity index (χ1) is 10.4. The van der Waals surface area contributed by atoms with Gasteiger partial charge in [-0.15, -0.1) is 0 Å². The van der Waals surface area contributed by atoms with E-state index < -0.39 is 0 Å². The lowest BCUT2D eigenvalue weighted by atomic mass is 10.3. The van der Waals surface area contributed by atoms with Crippen LogP contribution >= 0.6 is 0 Å². The Hall–Kier alpha value is -2.75. The maximum absolute atomic E-state index is 5.91.